The quantitative estimate of drug-likeness (QED) is 0.581. The van der Waals surface area contributed by atoms with Gasteiger partial charge in [0.05, 0.1) is 20.3 Å². The molecular formula is C21H32N2O5. The molecule has 7 heteroatoms. The monoisotopic (exact) mass is 392 g/mol. The van der Waals surface area contributed by atoms with Gasteiger partial charge in [-0.1, -0.05) is 6.07 Å². The van der Waals surface area contributed by atoms with E-state index < -0.39 is 0 Å². The van der Waals surface area contributed by atoms with Gasteiger partial charge in [0, 0.05) is 39.4 Å². The van der Waals surface area contributed by atoms with Crippen LogP contribution in [-0.4, -0.2) is 70.1 Å². The van der Waals surface area contributed by atoms with E-state index in [1.807, 2.05) is 23.1 Å². The average Bonchev–Trinajstić information content (AvgIpc) is 3.57. The number of hydrogen-bond acceptors (Lipinski definition) is 6. The van der Waals surface area contributed by atoms with Gasteiger partial charge in [-0.05, 0) is 43.4 Å². The van der Waals surface area contributed by atoms with Crippen LogP contribution in [0.3, 0.4) is 0 Å². The first-order chi connectivity index (χ1) is 13.7. The zero-order valence-corrected chi connectivity index (χ0v) is 16.9. The van der Waals surface area contributed by atoms with Crippen LogP contribution in [-0.2, 0) is 20.8 Å². The normalized spacial score (nSPS) is 19.3. The predicted octanol–water partition coefficient (Wildman–Crippen LogP) is 1.98. The van der Waals surface area contributed by atoms with Gasteiger partial charge < -0.3 is 29.2 Å². The number of morpholine rings is 1. The third-order valence-corrected chi connectivity index (χ3v) is 5.06. The van der Waals surface area contributed by atoms with Crippen molar-refractivity contribution in [2.45, 2.75) is 44.4 Å². The molecule has 0 bridgehead atoms. The van der Waals surface area contributed by atoms with E-state index in [1.54, 1.807) is 14.2 Å². The van der Waals surface area contributed by atoms with Gasteiger partial charge in [-0.25, -0.2) is 0 Å². The van der Waals surface area contributed by atoms with Crippen LogP contribution in [0.5, 0.6) is 11.5 Å². The lowest BCUT2D eigenvalue weighted by molar-refractivity contribution is -0.146. The van der Waals surface area contributed by atoms with Crippen molar-refractivity contribution in [1.82, 2.24) is 10.2 Å². The number of amides is 1. The summed E-state index contributed by atoms with van der Waals surface area (Å²) in [4.78, 5) is 14.9. The average molecular weight is 392 g/mol. The highest BCUT2D eigenvalue weighted by Gasteiger charge is 2.36. The molecule has 3 rings (SSSR count). The largest absolute Gasteiger partial charge is 0.493 e. The van der Waals surface area contributed by atoms with Gasteiger partial charge in [0.2, 0.25) is 0 Å². The Morgan fingerprint density at radius 2 is 2.04 bits per heavy atom. The number of methoxy groups -OCH3 is 2. The first-order valence-corrected chi connectivity index (χ1v) is 10.1. The summed E-state index contributed by atoms with van der Waals surface area (Å²) >= 11 is 0. The Morgan fingerprint density at radius 3 is 2.71 bits per heavy atom. The number of ether oxygens (including phenoxy) is 4. The van der Waals surface area contributed by atoms with Gasteiger partial charge in [0.25, 0.3) is 5.91 Å². The van der Waals surface area contributed by atoms with Gasteiger partial charge in [-0.15, -0.1) is 0 Å². The molecule has 0 unspecified atom stereocenters. The van der Waals surface area contributed by atoms with Gasteiger partial charge in [0.15, 0.2) is 11.5 Å². The molecule has 1 saturated heterocycles. The fraction of sp³-hybridized carbons (Fsp3) is 0.667. The number of unbranched alkanes of at least 4 members (excludes halogenated alkanes) is 1. The van der Waals surface area contributed by atoms with Gasteiger partial charge in [-0.3, -0.25) is 4.79 Å². The highest BCUT2D eigenvalue weighted by Crippen LogP contribution is 2.32. The Bertz CT molecular complexity index is 629. The van der Waals surface area contributed by atoms with Crippen LogP contribution in [0.15, 0.2) is 18.2 Å². The number of carbonyl (C=O) groups is 1. The third kappa shape index (κ3) is 5.83. The molecule has 1 aliphatic heterocycles. The summed E-state index contributed by atoms with van der Waals surface area (Å²) in [6.07, 6.45) is 3.61. The lowest BCUT2D eigenvalue weighted by Crippen LogP contribution is -2.49. The lowest BCUT2D eigenvalue weighted by Gasteiger charge is -2.30. The van der Waals surface area contributed by atoms with Gasteiger partial charge in [-0.2, -0.15) is 0 Å². The molecule has 2 fully saturated rings. The van der Waals surface area contributed by atoms with Crippen molar-refractivity contribution >= 4 is 5.91 Å². The highest BCUT2D eigenvalue weighted by molar-refractivity contribution is 5.82. The molecule has 0 spiro atoms. The summed E-state index contributed by atoms with van der Waals surface area (Å²) in [6, 6.07) is 6.21. The second-order valence-electron chi connectivity index (χ2n) is 7.29. The number of hydrogen-bond donors (Lipinski definition) is 1. The Hall–Kier alpha value is -1.83. The minimum atomic E-state index is -0.385. The number of carbonyl (C=O) groups excluding carboxylic acids is 1. The maximum Gasteiger partial charge on any atom is 0.253 e. The van der Waals surface area contributed by atoms with E-state index in [0.29, 0.717) is 38.1 Å². The van der Waals surface area contributed by atoms with E-state index in [0.717, 1.165) is 50.1 Å². The first kappa shape index (κ1) is 20.9. The van der Waals surface area contributed by atoms with Crippen molar-refractivity contribution in [2.24, 2.45) is 0 Å². The van der Waals surface area contributed by atoms with E-state index in [4.69, 9.17) is 18.9 Å². The smallest absolute Gasteiger partial charge is 0.253 e. The second-order valence-corrected chi connectivity index (χ2v) is 7.29. The van der Waals surface area contributed by atoms with Crippen LogP contribution in [0.4, 0.5) is 0 Å². The van der Waals surface area contributed by atoms with Gasteiger partial charge in [0.1, 0.15) is 6.10 Å². The van der Waals surface area contributed by atoms with Crippen LogP contribution in [0.25, 0.3) is 0 Å². The third-order valence-electron chi connectivity index (χ3n) is 5.06. The molecule has 1 amide bonds. The molecule has 1 aliphatic carbocycles. The molecule has 2 aliphatic rings. The number of benzene rings is 1. The maximum absolute atomic E-state index is 13.0. The fourth-order valence-electron chi connectivity index (χ4n) is 3.34. The zero-order valence-electron chi connectivity index (χ0n) is 16.9. The summed E-state index contributed by atoms with van der Waals surface area (Å²) in [5.74, 6) is 1.50. The van der Waals surface area contributed by atoms with E-state index >= 15 is 0 Å². The van der Waals surface area contributed by atoms with Crippen molar-refractivity contribution in [3.63, 3.8) is 0 Å². The molecule has 1 saturated carbocycles. The number of nitrogens with one attached hydrogen (secondary N) is 1. The van der Waals surface area contributed by atoms with Gasteiger partial charge >= 0.3 is 0 Å². The minimum Gasteiger partial charge on any atom is -0.493 e. The van der Waals surface area contributed by atoms with Crippen LogP contribution in [0.1, 0.15) is 31.2 Å². The second kappa shape index (κ2) is 10.6. The topological polar surface area (TPSA) is 69.3 Å². The van der Waals surface area contributed by atoms with Crippen molar-refractivity contribution < 1.29 is 23.7 Å². The van der Waals surface area contributed by atoms with E-state index in [9.17, 15) is 4.79 Å². The van der Waals surface area contributed by atoms with Crippen molar-refractivity contribution in [3.8, 4) is 11.5 Å². The SMILES string of the molecule is COCCCCOc1cc(CN(C(=O)[C@H]2CNCCO2)C2CC2)ccc1OC. The molecule has 1 aromatic carbocycles. The summed E-state index contributed by atoms with van der Waals surface area (Å²) in [6.45, 7) is 3.87. The summed E-state index contributed by atoms with van der Waals surface area (Å²) in [5, 5.41) is 3.24. The van der Waals surface area contributed by atoms with E-state index in [2.05, 4.69) is 5.32 Å². The van der Waals surface area contributed by atoms with Crippen molar-refractivity contribution in [2.75, 3.05) is 47.1 Å². The first-order valence-electron chi connectivity index (χ1n) is 10.1. The summed E-state index contributed by atoms with van der Waals surface area (Å²) < 4.78 is 22.1. The van der Waals surface area contributed by atoms with E-state index in [-0.39, 0.29) is 12.0 Å². The highest BCUT2D eigenvalue weighted by atomic mass is 16.5. The molecule has 1 heterocycles. The minimum absolute atomic E-state index is 0.0764. The van der Waals surface area contributed by atoms with E-state index in [1.165, 1.54) is 0 Å². The van der Waals surface area contributed by atoms with Crippen LogP contribution >= 0.6 is 0 Å². The summed E-state index contributed by atoms with van der Waals surface area (Å²) in [7, 11) is 3.34. The molecule has 28 heavy (non-hydrogen) atoms. The number of rotatable bonds is 11. The zero-order chi connectivity index (χ0) is 19.8. The molecule has 0 aromatic heterocycles. The Labute approximate surface area is 167 Å². The van der Waals surface area contributed by atoms with Crippen LogP contribution in [0, 0.1) is 0 Å². The molecule has 156 valence electrons. The van der Waals surface area contributed by atoms with Crippen molar-refractivity contribution in [1.29, 1.82) is 0 Å². The lowest BCUT2D eigenvalue weighted by atomic mass is 10.1. The van der Waals surface area contributed by atoms with Crippen molar-refractivity contribution in [3.05, 3.63) is 23.8 Å². The predicted molar refractivity (Wildman–Crippen MR) is 106 cm³/mol. The number of nitrogens with zero attached hydrogens (tertiary/aromatic N) is 1. The molecule has 7 nitrogen and oxygen atoms in total. The maximum atomic E-state index is 13.0. The van der Waals surface area contributed by atoms with Crippen LogP contribution < -0.4 is 14.8 Å². The molecule has 1 N–H and O–H groups in total. The van der Waals surface area contributed by atoms with Crippen LogP contribution in [0.2, 0.25) is 0 Å². The molecular weight excluding hydrogens is 360 g/mol. The summed E-state index contributed by atoms with van der Waals surface area (Å²) in [5.41, 5.74) is 1.04. The molecule has 1 atom stereocenters. The Kier molecular flexibility index (Phi) is 7.94. The fourth-order valence-corrected chi connectivity index (χ4v) is 3.34. The molecule has 0 radical (unpaired) electrons. The Morgan fingerprint density at radius 1 is 1.21 bits per heavy atom. The standard InChI is InChI=1S/C21H32N2O5/c1-25-10-3-4-11-27-19-13-16(5-8-18(19)26-2)15-23(17-6-7-17)21(24)20-14-22-9-12-28-20/h5,8,13,17,20,22H,3-4,6-7,9-12,14-15H2,1-2H3/t20-/m1/s1. The Balaban J connectivity index is 1.63. The molecule has 1 aromatic rings.